The summed E-state index contributed by atoms with van der Waals surface area (Å²) < 4.78 is 10.3. The Morgan fingerprint density at radius 3 is 2.47 bits per heavy atom. The Labute approximate surface area is 117 Å². The van der Waals surface area contributed by atoms with E-state index in [1.165, 1.54) is 0 Å². The summed E-state index contributed by atoms with van der Waals surface area (Å²) in [4.78, 5) is 14.3. The van der Waals surface area contributed by atoms with Crippen LogP contribution in [0.1, 0.15) is 34.1 Å². The van der Waals surface area contributed by atoms with E-state index in [0.717, 1.165) is 13.0 Å². The van der Waals surface area contributed by atoms with Crippen molar-refractivity contribution >= 4 is 5.97 Å². The van der Waals surface area contributed by atoms with Crippen LogP contribution in [-0.2, 0) is 14.3 Å². The summed E-state index contributed by atoms with van der Waals surface area (Å²) in [5, 5.41) is 3.09. The highest BCUT2D eigenvalue weighted by Gasteiger charge is 2.35. The van der Waals surface area contributed by atoms with E-state index < -0.39 is 5.54 Å². The van der Waals surface area contributed by atoms with Crippen molar-refractivity contribution in [2.75, 3.05) is 40.5 Å². The molecule has 0 saturated heterocycles. The third kappa shape index (κ3) is 5.89. The molecule has 0 heterocycles. The van der Waals surface area contributed by atoms with Crippen LogP contribution in [0.4, 0.5) is 0 Å². The molecule has 0 aliphatic rings. The molecule has 0 amide bonds. The lowest BCUT2D eigenvalue weighted by Crippen LogP contribution is -2.58. The highest BCUT2D eigenvalue weighted by Crippen LogP contribution is 2.13. The number of methoxy groups -OCH3 is 1. The van der Waals surface area contributed by atoms with Gasteiger partial charge in [0.2, 0.25) is 0 Å². The number of rotatable bonds is 10. The predicted molar refractivity (Wildman–Crippen MR) is 77.3 cm³/mol. The van der Waals surface area contributed by atoms with E-state index in [-0.39, 0.29) is 5.97 Å². The standard InChI is InChI=1S/C14H30N2O3/c1-7-12(3)16(9-10-18-6)11-14(4,15-5)13(17)19-8-2/h12,15H,7-11H2,1-6H3. The largest absolute Gasteiger partial charge is 0.465 e. The zero-order valence-corrected chi connectivity index (χ0v) is 13.3. The van der Waals surface area contributed by atoms with E-state index in [0.29, 0.717) is 25.8 Å². The van der Waals surface area contributed by atoms with Crippen molar-refractivity contribution < 1.29 is 14.3 Å². The quantitative estimate of drug-likeness (QED) is 0.608. The van der Waals surface area contributed by atoms with Gasteiger partial charge in [-0.1, -0.05) is 6.92 Å². The molecular formula is C14H30N2O3. The van der Waals surface area contributed by atoms with Crippen LogP contribution in [0, 0.1) is 0 Å². The Balaban J connectivity index is 4.79. The van der Waals surface area contributed by atoms with Crippen LogP contribution < -0.4 is 5.32 Å². The van der Waals surface area contributed by atoms with Gasteiger partial charge in [0.1, 0.15) is 5.54 Å². The first kappa shape index (κ1) is 18.4. The highest BCUT2D eigenvalue weighted by atomic mass is 16.5. The maximum atomic E-state index is 12.1. The number of carbonyl (C=O) groups is 1. The fraction of sp³-hybridized carbons (Fsp3) is 0.929. The van der Waals surface area contributed by atoms with Crippen molar-refractivity contribution in [3.05, 3.63) is 0 Å². The van der Waals surface area contributed by atoms with Crippen molar-refractivity contribution in [1.29, 1.82) is 0 Å². The van der Waals surface area contributed by atoms with E-state index in [4.69, 9.17) is 9.47 Å². The van der Waals surface area contributed by atoms with E-state index >= 15 is 0 Å². The molecule has 2 atom stereocenters. The fourth-order valence-electron chi connectivity index (χ4n) is 1.86. The molecule has 19 heavy (non-hydrogen) atoms. The number of hydrogen-bond acceptors (Lipinski definition) is 5. The SMILES string of the molecule is CCOC(=O)C(C)(CN(CCOC)C(C)CC)NC. The summed E-state index contributed by atoms with van der Waals surface area (Å²) in [6, 6.07) is 0.400. The van der Waals surface area contributed by atoms with Gasteiger partial charge in [-0.15, -0.1) is 0 Å². The number of likely N-dealkylation sites (N-methyl/N-ethyl adjacent to an activating group) is 1. The second-order valence-corrected chi connectivity index (χ2v) is 5.02. The number of esters is 1. The summed E-state index contributed by atoms with van der Waals surface area (Å²) in [7, 11) is 3.49. The average Bonchev–Trinajstić information content (AvgIpc) is 2.42. The maximum Gasteiger partial charge on any atom is 0.327 e. The molecule has 0 aliphatic carbocycles. The molecule has 0 aliphatic heterocycles. The first-order valence-corrected chi connectivity index (χ1v) is 7.04. The van der Waals surface area contributed by atoms with Crippen LogP contribution >= 0.6 is 0 Å². The molecule has 0 fully saturated rings. The lowest BCUT2D eigenvalue weighted by Gasteiger charge is -2.36. The second kappa shape index (κ2) is 9.28. The van der Waals surface area contributed by atoms with Crippen LogP contribution in [-0.4, -0.2) is 62.9 Å². The minimum atomic E-state index is -0.687. The monoisotopic (exact) mass is 274 g/mol. The summed E-state index contributed by atoms with van der Waals surface area (Å²) >= 11 is 0. The van der Waals surface area contributed by atoms with Crippen molar-refractivity contribution in [1.82, 2.24) is 10.2 Å². The first-order valence-electron chi connectivity index (χ1n) is 7.04. The van der Waals surface area contributed by atoms with Gasteiger partial charge in [-0.3, -0.25) is 9.69 Å². The van der Waals surface area contributed by atoms with Gasteiger partial charge in [-0.2, -0.15) is 0 Å². The third-order valence-electron chi connectivity index (χ3n) is 3.59. The van der Waals surface area contributed by atoms with Crippen molar-refractivity contribution in [3.63, 3.8) is 0 Å². The van der Waals surface area contributed by atoms with Crippen LogP contribution in [0.25, 0.3) is 0 Å². The normalized spacial score (nSPS) is 16.2. The molecule has 1 N–H and O–H groups in total. The number of nitrogens with one attached hydrogen (secondary N) is 1. The number of carbonyl (C=O) groups excluding carboxylic acids is 1. The molecule has 0 rings (SSSR count). The summed E-state index contributed by atoms with van der Waals surface area (Å²) in [5.41, 5.74) is -0.687. The van der Waals surface area contributed by atoms with Gasteiger partial charge >= 0.3 is 5.97 Å². The molecule has 0 aromatic rings. The molecular weight excluding hydrogens is 244 g/mol. The van der Waals surface area contributed by atoms with Gasteiger partial charge < -0.3 is 14.8 Å². The molecule has 114 valence electrons. The molecule has 0 radical (unpaired) electrons. The van der Waals surface area contributed by atoms with Gasteiger partial charge in [-0.25, -0.2) is 0 Å². The minimum absolute atomic E-state index is 0.205. The van der Waals surface area contributed by atoms with Crippen LogP contribution in [0.3, 0.4) is 0 Å². The van der Waals surface area contributed by atoms with Crippen LogP contribution in [0.5, 0.6) is 0 Å². The fourth-order valence-corrected chi connectivity index (χ4v) is 1.86. The van der Waals surface area contributed by atoms with E-state index in [1.54, 1.807) is 14.2 Å². The third-order valence-corrected chi connectivity index (χ3v) is 3.59. The Morgan fingerprint density at radius 2 is 2.05 bits per heavy atom. The predicted octanol–water partition coefficient (Wildman–Crippen LogP) is 1.27. The van der Waals surface area contributed by atoms with E-state index in [1.807, 2.05) is 13.8 Å². The van der Waals surface area contributed by atoms with Gasteiger partial charge in [0.25, 0.3) is 0 Å². The minimum Gasteiger partial charge on any atom is -0.465 e. The Morgan fingerprint density at radius 1 is 1.42 bits per heavy atom. The van der Waals surface area contributed by atoms with Gasteiger partial charge in [0.15, 0.2) is 0 Å². The Hall–Kier alpha value is -0.650. The Kier molecular flexibility index (Phi) is 8.97. The average molecular weight is 274 g/mol. The maximum absolute atomic E-state index is 12.1. The second-order valence-electron chi connectivity index (χ2n) is 5.02. The smallest absolute Gasteiger partial charge is 0.327 e. The van der Waals surface area contributed by atoms with Gasteiger partial charge in [0, 0.05) is 26.2 Å². The van der Waals surface area contributed by atoms with E-state index in [2.05, 4.69) is 24.1 Å². The highest BCUT2D eigenvalue weighted by molar-refractivity contribution is 5.80. The molecule has 2 unspecified atom stereocenters. The Bertz CT molecular complexity index is 261. The van der Waals surface area contributed by atoms with E-state index in [9.17, 15) is 4.79 Å². The molecule has 0 aromatic carbocycles. The summed E-state index contributed by atoms with van der Waals surface area (Å²) in [5.74, 6) is -0.205. The number of hydrogen-bond donors (Lipinski definition) is 1. The van der Waals surface area contributed by atoms with Crippen molar-refractivity contribution in [2.45, 2.75) is 45.7 Å². The molecule has 5 nitrogen and oxygen atoms in total. The van der Waals surface area contributed by atoms with Gasteiger partial charge in [-0.05, 0) is 34.2 Å². The number of nitrogens with zero attached hydrogens (tertiary/aromatic N) is 1. The zero-order valence-electron chi connectivity index (χ0n) is 13.3. The van der Waals surface area contributed by atoms with Crippen molar-refractivity contribution in [2.24, 2.45) is 0 Å². The lowest BCUT2D eigenvalue weighted by atomic mass is 10.0. The molecule has 0 saturated carbocycles. The topological polar surface area (TPSA) is 50.8 Å². The van der Waals surface area contributed by atoms with Crippen LogP contribution in [0.2, 0.25) is 0 Å². The van der Waals surface area contributed by atoms with Crippen molar-refractivity contribution in [3.8, 4) is 0 Å². The number of ether oxygens (including phenoxy) is 2. The molecule has 0 bridgehead atoms. The first-order chi connectivity index (χ1) is 8.95. The van der Waals surface area contributed by atoms with Crippen LogP contribution in [0.15, 0.2) is 0 Å². The molecule has 5 heteroatoms. The molecule has 0 aromatic heterocycles. The lowest BCUT2D eigenvalue weighted by molar-refractivity contribution is -0.151. The zero-order chi connectivity index (χ0) is 14.9. The molecule has 0 spiro atoms. The summed E-state index contributed by atoms with van der Waals surface area (Å²) in [6.07, 6.45) is 1.03. The summed E-state index contributed by atoms with van der Waals surface area (Å²) in [6.45, 7) is 10.5. The van der Waals surface area contributed by atoms with Gasteiger partial charge in [0.05, 0.1) is 13.2 Å².